The number of likely N-dealkylation sites (N-methyl/N-ethyl adjacent to an activating group) is 1. The van der Waals surface area contributed by atoms with Crippen LogP contribution in [0.1, 0.15) is 5.82 Å². The van der Waals surface area contributed by atoms with Crippen molar-refractivity contribution in [3.05, 3.63) is 42.0 Å². The number of nitrogens with zero attached hydrogens (tertiary/aromatic N) is 7. The first-order valence-electron chi connectivity index (χ1n) is 8.41. The van der Waals surface area contributed by atoms with Crippen LogP contribution in [-0.2, 0) is 0 Å². The molecule has 0 aliphatic carbocycles. The van der Waals surface area contributed by atoms with Crippen LogP contribution in [0.5, 0.6) is 0 Å². The Hall–Kier alpha value is -2.88. The molecule has 4 aromatic rings. The molecular weight excluding hydrogens is 372 g/mol. The maximum Gasteiger partial charge on any atom is 0.203 e. The van der Waals surface area contributed by atoms with Gasteiger partial charge in [0, 0.05) is 38.6 Å². The number of anilines is 2. The van der Waals surface area contributed by atoms with Crippen molar-refractivity contribution in [2.45, 2.75) is 13.0 Å². The van der Waals surface area contributed by atoms with Gasteiger partial charge < -0.3 is 9.80 Å². The number of benzene rings is 1. The summed E-state index contributed by atoms with van der Waals surface area (Å²) in [5.41, 5.74) is 0.943. The molecule has 27 heavy (non-hydrogen) atoms. The highest BCUT2D eigenvalue weighted by Crippen LogP contribution is 2.33. The maximum absolute atomic E-state index is 13.9. The van der Waals surface area contributed by atoms with E-state index in [1.807, 2.05) is 29.5 Å². The lowest BCUT2D eigenvalue weighted by molar-refractivity contribution is 0.492. The highest BCUT2D eigenvalue weighted by molar-refractivity contribution is 7.22. The highest BCUT2D eigenvalue weighted by Gasteiger charge is 2.34. The average Bonchev–Trinajstić information content (AvgIpc) is 3.18. The van der Waals surface area contributed by atoms with Gasteiger partial charge >= 0.3 is 0 Å². The molecule has 10 heteroatoms. The molecule has 4 heterocycles. The first kappa shape index (κ1) is 16.3. The Morgan fingerprint density at radius 1 is 1.22 bits per heavy atom. The molecule has 3 aromatic heterocycles. The van der Waals surface area contributed by atoms with E-state index in [4.69, 9.17) is 0 Å². The predicted octanol–water partition coefficient (Wildman–Crippen LogP) is 2.65. The maximum atomic E-state index is 13.9. The van der Waals surface area contributed by atoms with Gasteiger partial charge in [0.05, 0.1) is 10.7 Å². The quantitative estimate of drug-likeness (QED) is 0.539. The minimum absolute atomic E-state index is 0.199. The van der Waals surface area contributed by atoms with Gasteiger partial charge in [0.2, 0.25) is 5.65 Å². The molecule has 0 amide bonds. The molecule has 1 fully saturated rings. The third kappa shape index (κ3) is 2.51. The van der Waals surface area contributed by atoms with Crippen molar-refractivity contribution in [1.82, 2.24) is 24.6 Å². The largest absolute Gasteiger partial charge is 0.349 e. The fraction of sp³-hybridized carbons (Fsp3) is 0.294. The van der Waals surface area contributed by atoms with Gasteiger partial charge in [-0.2, -0.15) is 0 Å². The minimum Gasteiger partial charge on any atom is -0.349 e. The lowest BCUT2D eigenvalue weighted by Gasteiger charge is -2.44. The Bertz CT molecular complexity index is 1160. The van der Waals surface area contributed by atoms with E-state index >= 15 is 0 Å². The summed E-state index contributed by atoms with van der Waals surface area (Å²) >= 11 is 1.29. The third-order valence-corrected chi connectivity index (χ3v) is 5.98. The first-order chi connectivity index (χ1) is 13.0. The van der Waals surface area contributed by atoms with Gasteiger partial charge in [-0.05, 0) is 13.0 Å². The van der Waals surface area contributed by atoms with Gasteiger partial charge in [0.1, 0.15) is 17.2 Å². The fourth-order valence-corrected chi connectivity index (χ4v) is 4.32. The molecule has 0 N–H and O–H groups in total. The van der Waals surface area contributed by atoms with Crippen LogP contribution in [0.2, 0.25) is 0 Å². The molecule has 1 saturated heterocycles. The molecule has 0 unspecified atom stereocenters. The van der Waals surface area contributed by atoms with E-state index in [9.17, 15) is 8.78 Å². The average molecular weight is 387 g/mol. The summed E-state index contributed by atoms with van der Waals surface area (Å²) in [6.45, 7) is 3.37. The van der Waals surface area contributed by atoms with E-state index in [0.717, 1.165) is 36.4 Å². The Morgan fingerprint density at radius 3 is 2.85 bits per heavy atom. The zero-order chi connectivity index (χ0) is 18.7. The van der Waals surface area contributed by atoms with Crippen LogP contribution in [0.3, 0.4) is 0 Å². The third-order valence-electron chi connectivity index (χ3n) is 4.89. The zero-order valence-corrected chi connectivity index (χ0v) is 15.4. The second-order valence-corrected chi connectivity index (χ2v) is 7.60. The number of rotatable bonds is 3. The van der Waals surface area contributed by atoms with Crippen LogP contribution < -0.4 is 9.80 Å². The molecule has 0 spiro atoms. The second kappa shape index (κ2) is 5.81. The second-order valence-electron chi connectivity index (χ2n) is 6.59. The van der Waals surface area contributed by atoms with E-state index in [1.54, 1.807) is 6.20 Å². The van der Waals surface area contributed by atoms with Crippen molar-refractivity contribution >= 4 is 38.2 Å². The number of aryl methyl sites for hydroxylation is 1. The highest BCUT2D eigenvalue weighted by atomic mass is 32.1. The predicted molar refractivity (Wildman–Crippen MR) is 99.5 cm³/mol. The number of fused-ring (bicyclic) bond motifs is 2. The smallest absolute Gasteiger partial charge is 0.203 e. The number of thiazole rings is 1. The Morgan fingerprint density at radius 2 is 2.04 bits per heavy atom. The van der Waals surface area contributed by atoms with Crippen LogP contribution in [0, 0.1) is 18.6 Å². The molecule has 1 aliphatic rings. The summed E-state index contributed by atoms with van der Waals surface area (Å²) in [5, 5.41) is 8.97. The van der Waals surface area contributed by atoms with Crippen LogP contribution in [-0.4, -0.2) is 50.7 Å². The van der Waals surface area contributed by atoms with Gasteiger partial charge in [0.15, 0.2) is 16.8 Å². The summed E-state index contributed by atoms with van der Waals surface area (Å²) in [5.74, 6) is 0.386. The summed E-state index contributed by atoms with van der Waals surface area (Å²) in [7, 11) is 1.92. The van der Waals surface area contributed by atoms with E-state index in [2.05, 4.69) is 25.1 Å². The van der Waals surface area contributed by atoms with Crippen molar-refractivity contribution in [3.63, 3.8) is 0 Å². The molecular formula is C17H15F2N7S. The normalized spacial score (nSPS) is 14.9. The van der Waals surface area contributed by atoms with Gasteiger partial charge in [-0.25, -0.2) is 18.7 Å². The molecule has 0 atom stereocenters. The molecule has 7 nitrogen and oxygen atoms in total. The molecule has 1 aromatic carbocycles. The SMILES string of the molecule is Cc1nnc2c(N3CC(N(C)c4nc5c(F)cc(F)cc5s4)C3)nccn12. The summed E-state index contributed by atoms with van der Waals surface area (Å²) in [6.07, 6.45) is 3.58. The molecule has 0 radical (unpaired) electrons. The number of hydrogen-bond donors (Lipinski definition) is 0. The topological polar surface area (TPSA) is 62.5 Å². The van der Waals surface area contributed by atoms with Gasteiger partial charge in [-0.15, -0.1) is 10.2 Å². The van der Waals surface area contributed by atoms with Crippen molar-refractivity contribution in [2.24, 2.45) is 0 Å². The molecule has 138 valence electrons. The zero-order valence-electron chi connectivity index (χ0n) is 14.6. The Kier molecular flexibility index (Phi) is 3.51. The number of hydrogen-bond acceptors (Lipinski definition) is 7. The fourth-order valence-electron chi connectivity index (χ4n) is 3.28. The molecule has 1 aliphatic heterocycles. The standard InChI is InChI=1S/C17H15F2N7S/c1-9-22-23-16-15(20-3-4-26(9)16)25-7-11(8-25)24(2)17-21-14-12(19)5-10(18)6-13(14)27-17/h3-6,11H,7-8H2,1-2H3. The van der Waals surface area contributed by atoms with Crippen molar-refractivity contribution < 1.29 is 8.78 Å². The summed E-state index contributed by atoms with van der Waals surface area (Å²) < 4.78 is 29.7. The lowest BCUT2D eigenvalue weighted by Crippen LogP contribution is -2.59. The first-order valence-corrected chi connectivity index (χ1v) is 9.22. The van der Waals surface area contributed by atoms with E-state index < -0.39 is 11.6 Å². The minimum atomic E-state index is -0.630. The molecule has 0 saturated carbocycles. The van der Waals surface area contributed by atoms with Crippen molar-refractivity contribution in [2.75, 3.05) is 29.9 Å². The van der Waals surface area contributed by atoms with Gasteiger partial charge in [-0.1, -0.05) is 11.3 Å². The lowest BCUT2D eigenvalue weighted by atomic mass is 10.1. The van der Waals surface area contributed by atoms with Crippen LogP contribution >= 0.6 is 11.3 Å². The van der Waals surface area contributed by atoms with E-state index in [0.29, 0.717) is 9.83 Å². The van der Waals surface area contributed by atoms with Crippen molar-refractivity contribution in [1.29, 1.82) is 0 Å². The molecule has 5 rings (SSSR count). The van der Waals surface area contributed by atoms with Gasteiger partial charge in [0.25, 0.3) is 0 Å². The summed E-state index contributed by atoms with van der Waals surface area (Å²) in [4.78, 5) is 12.9. The van der Waals surface area contributed by atoms with E-state index in [1.165, 1.54) is 17.4 Å². The molecule has 0 bridgehead atoms. The Balaban J connectivity index is 1.38. The van der Waals surface area contributed by atoms with Crippen LogP contribution in [0.4, 0.5) is 19.7 Å². The summed E-state index contributed by atoms with van der Waals surface area (Å²) in [6, 6.07) is 2.38. The van der Waals surface area contributed by atoms with E-state index in [-0.39, 0.29) is 11.6 Å². The van der Waals surface area contributed by atoms with Crippen molar-refractivity contribution in [3.8, 4) is 0 Å². The van der Waals surface area contributed by atoms with Gasteiger partial charge in [-0.3, -0.25) is 4.40 Å². The van der Waals surface area contributed by atoms with Crippen LogP contribution in [0.15, 0.2) is 24.5 Å². The Labute approximate surface area is 156 Å². The monoisotopic (exact) mass is 387 g/mol. The van der Waals surface area contributed by atoms with Crippen LogP contribution in [0.25, 0.3) is 15.9 Å². The number of halogens is 2. The number of aromatic nitrogens is 5.